The van der Waals surface area contributed by atoms with Crippen molar-refractivity contribution in [3.8, 4) is 0 Å². The summed E-state index contributed by atoms with van der Waals surface area (Å²) in [4.78, 5) is 0. The van der Waals surface area contributed by atoms with Gasteiger partial charge in [0.1, 0.15) is 0 Å². The lowest BCUT2D eigenvalue weighted by Crippen LogP contribution is -2.40. The lowest BCUT2D eigenvalue weighted by atomic mass is 9.62. The monoisotopic (exact) mass is 462 g/mol. The minimum atomic E-state index is -0.880. The summed E-state index contributed by atoms with van der Waals surface area (Å²) in [5, 5.41) is 40.1. The van der Waals surface area contributed by atoms with Crippen LogP contribution in [0.25, 0.3) is 0 Å². The van der Waals surface area contributed by atoms with Crippen LogP contribution in [0.4, 0.5) is 0 Å². The second-order valence-corrected chi connectivity index (χ2v) is 11.3. The molecule has 0 aromatic carbocycles. The predicted molar refractivity (Wildman–Crippen MR) is 137 cm³/mol. The minimum Gasteiger partial charge on any atom is -0.396 e. The number of allylic oxidation sites excluding steroid dienone is 3. The molecule has 0 amide bonds. The molecular formula is C29H50O4. The van der Waals surface area contributed by atoms with Crippen molar-refractivity contribution in [2.75, 3.05) is 6.61 Å². The van der Waals surface area contributed by atoms with E-state index in [1.54, 1.807) is 0 Å². The molecule has 0 spiro atoms. The predicted octanol–water partition coefficient (Wildman–Crippen LogP) is 5.70. The molecule has 0 heterocycles. The van der Waals surface area contributed by atoms with Crippen molar-refractivity contribution >= 4 is 0 Å². The Morgan fingerprint density at radius 1 is 1.12 bits per heavy atom. The maximum atomic E-state index is 10.4. The Kier molecular flexibility index (Phi) is 10.4. The maximum Gasteiger partial charge on any atom is 0.0862 e. The van der Waals surface area contributed by atoms with Crippen molar-refractivity contribution in [2.24, 2.45) is 23.2 Å². The molecule has 3 rings (SSSR count). The van der Waals surface area contributed by atoms with E-state index in [9.17, 15) is 20.4 Å². The molecule has 2 unspecified atom stereocenters. The first-order valence-corrected chi connectivity index (χ1v) is 13.3. The largest absolute Gasteiger partial charge is 0.396 e. The van der Waals surface area contributed by atoms with Crippen molar-refractivity contribution in [3.05, 3.63) is 35.5 Å². The van der Waals surface area contributed by atoms with Crippen molar-refractivity contribution in [1.29, 1.82) is 0 Å². The van der Waals surface area contributed by atoms with Gasteiger partial charge in [-0.25, -0.2) is 0 Å². The third kappa shape index (κ3) is 6.81. The number of aliphatic hydroxyl groups is 4. The number of unbranched alkanes of at least 4 members (excludes halogenated alkanes) is 1. The summed E-state index contributed by atoms with van der Waals surface area (Å²) >= 11 is 0. The number of fused-ring (bicyclic) bond motifs is 1. The topological polar surface area (TPSA) is 80.9 Å². The van der Waals surface area contributed by atoms with Gasteiger partial charge in [0.15, 0.2) is 0 Å². The molecule has 0 aromatic heterocycles. The Morgan fingerprint density at radius 3 is 2.45 bits per heavy atom. The molecule has 190 valence electrons. The van der Waals surface area contributed by atoms with Gasteiger partial charge in [-0.2, -0.15) is 0 Å². The van der Waals surface area contributed by atoms with Gasteiger partial charge >= 0.3 is 0 Å². The highest BCUT2D eigenvalue weighted by atomic mass is 16.3. The second kappa shape index (κ2) is 12.2. The maximum absolute atomic E-state index is 10.4. The number of rotatable bonds is 7. The van der Waals surface area contributed by atoms with E-state index >= 15 is 0 Å². The van der Waals surface area contributed by atoms with Gasteiger partial charge in [-0.1, -0.05) is 57.9 Å². The SMILES string of the molecule is C=C1/C(=C\C=C2/CCCC3(C)C2CC[C@@H]3CCCCC(C)(C)O)C[C@@H](O)[C@@H](CO)[C@@H]1O.CC. The van der Waals surface area contributed by atoms with Crippen molar-refractivity contribution < 1.29 is 20.4 Å². The van der Waals surface area contributed by atoms with Gasteiger partial charge < -0.3 is 20.4 Å². The molecule has 33 heavy (non-hydrogen) atoms. The highest BCUT2D eigenvalue weighted by Gasteiger charge is 2.48. The molecule has 3 saturated carbocycles. The van der Waals surface area contributed by atoms with E-state index in [1.165, 1.54) is 44.1 Å². The van der Waals surface area contributed by atoms with E-state index in [-0.39, 0.29) is 6.61 Å². The van der Waals surface area contributed by atoms with Gasteiger partial charge in [0.2, 0.25) is 0 Å². The number of aliphatic hydroxyl groups excluding tert-OH is 3. The van der Waals surface area contributed by atoms with Crippen LogP contribution in [0, 0.1) is 23.2 Å². The lowest BCUT2D eigenvalue weighted by Gasteiger charge is -2.42. The Bertz CT molecular complexity index is 701. The molecule has 4 nitrogen and oxygen atoms in total. The van der Waals surface area contributed by atoms with E-state index in [2.05, 4.69) is 25.7 Å². The summed E-state index contributed by atoms with van der Waals surface area (Å²) < 4.78 is 0. The van der Waals surface area contributed by atoms with Crippen LogP contribution >= 0.6 is 0 Å². The standard InChI is InChI=1S/C27H44O4.C2H6/c1-18-20(16-24(29)22(17-28)25(18)30)11-10-19-8-7-15-27(4)21(12-13-23(19)27)9-5-6-14-26(2,3)31;1-2/h10-11,21-25,28-31H,1,5-9,12-17H2,2-4H3;1-2H3/b19-10+,20-11-;/t21-,22+,23?,24+,25+,27?;/m0./s1. The first kappa shape index (κ1) is 28.3. The van der Waals surface area contributed by atoms with Crippen LogP contribution in [-0.4, -0.2) is 44.8 Å². The van der Waals surface area contributed by atoms with Gasteiger partial charge in [-0.05, 0) is 93.6 Å². The molecular weight excluding hydrogens is 412 g/mol. The van der Waals surface area contributed by atoms with Gasteiger partial charge in [0.25, 0.3) is 0 Å². The smallest absolute Gasteiger partial charge is 0.0862 e. The van der Waals surface area contributed by atoms with Crippen molar-refractivity contribution in [1.82, 2.24) is 0 Å². The molecule has 3 aliphatic carbocycles. The van der Waals surface area contributed by atoms with Crippen molar-refractivity contribution in [2.45, 2.75) is 117 Å². The van der Waals surface area contributed by atoms with E-state index in [0.717, 1.165) is 30.8 Å². The molecule has 6 atom stereocenters. The van der Waals surface area contributed by atoms with Gasteiger partial charge in [-0.15, -0.1) is 0 Å². The average Bonchev–Trinajstić information content (AvgIpc) is 3.10. The van der Waals surface area contributed by atoms with Crippen LogP contribution in [0.2, 0.25) is 0 Å². The molecule has 0 bridgehead atoms. The van der Waals surface area contributed by atoms with Gasteiger partial charge in [-0.3, -0.25) is 0 Å². The third-order valence-electron chi connectivity index (χ3n) is 8.56. The van der Waals surface area contributed by atoms with Gasteiger partial charge in [0.05, 0.1) is 24.4 Å². The van der Waals surface area contributed by atoms with E-state index in [4.69, 9.17) is 0 Å². The fourth-order valence-corrected chi connectivity index (χ4v) is 6.54. The normalized spacial score (nSPS) is 37.1. The average molecular weight is 463 g/mol. The van der Waals surface area contributed by atoms with Gasteiger partial charge in [0, 0.05) is 5.92 Å². The molecule has 4 heteroatoms. The summed E-state index contributed by atoms with van der Waals surface area (Å²) in [5.41, 5.74) is 2.86. The van der Waals surface area contributed by atoms with Crippen molar-refractivity contribution in [3.63, 3.8) is 0 Å². The van der Waals surface area contributed by atoms with Crippen LogP contribution in [0.15, 0.2) is 35.5 Å². The lowest BCUT2D eigenvalue weighted by molar-refractivity contribution is -0.0105. The molecule has 0 aromatic rings. The highest BCUT2D eigenvalue weighted by molar-refractivity contribution is 5.39. The van der Waals surface area contributed by atoms with Crippen LogP contribution in [0.3, 0.4) is 0 Å². The van der Waals surface area contributed by atoms with E-state index in [0.29, 0.717) is 23.3 Å². The highest BCUT2D eigenvalue weighted by Crippen LogP contribution is 2.58. The summed E-state index contributed by atoms with van der Waals surface area (Å²) in [7, 11) is 0. The first-order chi connectivity index (χ1) is 15.6. The van der Waals surface area contributed by atoms with Crippen LogP contribution in [0.1, 0.15) is 98.8 Å². The molecule has 0 aliphatic heterocycles. The molecule has 4 N–H and O–H groups in total. The summed E-state index contributed by atoms with van der Waals surface area (Å²) in [6, 6.07) is 0. The zero-order valence-corrected chi connectivity index (χ0v) is 21.8. The number of hydrogen-bond donors (Lipinski definition) is 4. The Labute approximate surface area is 202 Å². The zero-order valence-electron chi connectivity index (χ0n) is 21.8. The molecule has 0 saturated heterocycles. The Morgan fingerprint density at radius 2 is 1.82 bits per heavy atom. The summed E-state index contributed by atoms with van der Waals surface area (Å²) in [6.45, 7) is 14.1. The third-order valence-corrected chi connectivity index (χ3v) is 8.56. The fraction of sp³-hybridized carbons (Fsp3) is 0.793. The zero-order chi connectivity index (χ0) is 24.8. The first-order valence-electron chi connectivity index (χ1n) is 13.3. The van der Waals surface area contributed by atoms with E-state index in [1.807, 2.05) is 27.7 Å². The van der Waals surface area contributed by atoms with Crippen LogP contribution < -0.4 is 0 Å². The van der Waals surface area contributed by atoms with Crippen LogP contribution in [0.5, 0.6) is 0 Å². The fourth-order valence-electron chi connectivity index (χ4n) is 6.54. The Hall–Kier alpha value is -0.940. The summed E-state index contributed by atoms with van der Waals surface area (Å²) in [5.74, 6) is 0.839. The second-order valence-electron chi connectivity index (χ2n) is 11.3. The molecule has 3 fully saturated rings. The Balaban J connectivity index is 0.00000187. The van der Waals surface area contributed by atoms with E-state index < -0.39 is 23.7 Å². The number of hydrogen-bond acceptors (Lipinski definition) is 4. The van der Waals surface area contributed by atoms with Crippen LogP contribution in [-0.2, 0) is 0 Å². The quantitative estimate of drug-likeness (QED) is 0.366. The molecule has 3 aliphatic rings. The summed E-state index contributed by atoms with van der Waals surface area (Å²) in [6.07, 6.45) is 13.8. The minimum absolute atomic E-state index is 0.229. The molecule has 0 radical (unpaired) electrons.